The van der Waals surface area contributed by atoms with Crippen LogP contribution in [-0.2, 0) is 10.0 Å². The quantitative estimate of drug-likeness (QED) is 0.774. The van der Waals surface area contributed by atoms with E-state index in [1.54, 1.807) is 31.3 Å². The second kappa shape index (κ2) is 5.02. The van der Waals surface area contributed by atoms with Gasteiger partial charge in [-0.25, -0.2) is 8.42 Å². The summed E-state index contributed by atoms with van der Waals surface area (Å²) in [5.41, 5.74) is 0. The van der Waals surface area contributed by atoms with Crippen molar-refractivity contribution in [3.8, 4) is 0 Å². The minimum atomic E-state index is -3.36. The van der Waals surface area contributed by atoms with E-state index in [9.17, 15) is 8.42 Å². The molecule has 1 aliphatic rings. The SMILES string of the molecule is CN(C1C=CCCC1)S(=O)(=O)c1ccccc1. The van der Waals surface area contributed by atoms with Crippen LogP contribution < -0.4 is 0 Å². The lowest BCUT2D eigenvalue weighted by Crippen LogP contribution is -2.36. The maximum Gasteiger partial charge on any atom is 0.243 e. The number of nitrogens with zero attached hydrogens (tertiary/aromatic N) is 1. The Bertz CT molecular complexity index is 493. The Morgan fingerprint density at radius 3 is 2.53 bits per heavy atom. The standard InChI is InChI=1S/C13H17NO2S/c1-14(12-8-4-2-5-9-12)17(15,16)13-10-6-3-7-11-13/h3-4,6-8,10-12H,2,5,9H2,1H3. The zero-order valence-electron chi connectivity index (χ0n) is 9.91. The van der Waals surface area contributed by atoms with Crippen LogP contribution in [0.3, 0.4) is 0 Å². The number of allylic oxidation sites excluding steroid dienone is 1. The van der Waals surface area contributed by atoms with Gasteiger partial charge in [-0.05, 0) is 31.4 Å². The van der Waals surface area contributed by atoms with Crippen molar-refractivity contribution in [1.82, 2.24) is 4.31 Å². The summed E-state index contributed by atoms with van der Waals surface area (Å²) in [7, 11) is -1.70. The number of likely N-dealkylation sites (N-methyl/N-ethyl adjacent to an activating group) is 1. The molecule has 1 aromatic rings. The first-order chi connectivity index (χ1) is 8.12. The van der Waals surface area contributed by atoms with Crippen molar-refractivity contribution in [2.24, 2.45) is 0 Å². The van der Waals surface area contributed by atoms with Gasteiger partial charge in [-0.15, -0.1) is 0 Å². The monoisotopic (exact) mass is 251 g/mol. The molecule has 17 heavy (non-hydrogen) atoms. The van der Waals surface area contributed by atoms with Gasteiger partial charge in [0.2, 0.25) is 10.0 Å². The van der Waals surface area contributed by atoms with Gasteiger partial charge in [-0.1, -0.05) is 30.4 Å². The molecule has 0 spiro atoms. The highest BCUT2D eigenvalue weighted by Crippen LogP contribution is 2.22. The van der Waals surface area contributed by atoms with Crippen LogP contribution >= 0.6 is 0 Å². The summed E-state index contributed by atoms with van der Waals surface area (Å²) in [6.07, 6.45) is 7.06. The Morgan fingerprint density at radius 2 is 1.94 bits per heavy atom. The van der Waals surface area contributed by atoms with Crippen molar-refractivity contribution in [3.63, 3.8) is 0 Å². The molecule has 3 nitrogen and oxygen atoms in total. The van der Waals surface area contributed by atoms with Crippen molar-refractivity contribution in [1.29, 1.82) is 0 Å². The lowest BCUT2D eigenvalue weighted by atomic mass is 10.0. The van der Waals surface area contributed by atoms with E-state index < -0.39 is 10.0 Å². The van der Waals surface area contributed by atoms with Crippen LogP contribution in [0, 0.1) is 0 Å². The number of benzene rings is 1. The van der Waals surface area contributed by atoms with Crippen molar-refractivity contribution < 1.29 is 8.42 Å². The molecule has 0 N–H and O–H groups in total. The van der Waals surface area contributed by atoms with Crippen LogP contribution in [0.5, 0.6) is 0 Å². The molecule has 0 aliphatic heterocycles. The van der Waals surface area contributed by atoms with E-state index in [1.807, 2.05) is 12.1 Å². The third-order valence-corrected chi connectivity index (χ3v) is 5.01. The van der Waals surface area contributed by atoms with Crippen LogP contribution in [0.4, 0.5) is 0 Å². The predicted molar refractivity (Wildman–Crippen MR) is 68.2 cm³/mol. The maximum absolute atomic E-state index is 12.3. The molecule has 0 heterocycles. The van der Waals surface area contributed by atoms with E-state index in [4.69, 9.17) is 0 Å². The molecule has 0 fully saturated rings. The van der Waals surface area contributed by atoms with E-state index in [0.717, 1.165) is 19.3 Å². The van der Waals surface area contributed by atoms with Gasteiger partial charge in [0.25, 0.3) is 0 Å². The fourth-order valence-corrected chi connectivity index (χ4v) is 3.40. The molecule has 0 saturated carbocycles. The molecule has 1 atom stereocenters. The van der Waals surface area contributed by atoms with Crippen molar-refractivity contribution in [3.05, 3.63) is 42.5 Å². The Labute approximate surface area is 103 Å². The molecule has 92 valence electrons. The topological polar surface area (TPSA) is 37.4 Å². The Balaban J connectivity index is 2.27. The minimum absolute atomic E-state index is 0.00560. The summed E-state index contributed by atoms with van der Waals surface area (Å²) in [5, 5.41) is 0. The van der Waals surface area contributed by atoms with Crippen LogP contribution in [0.15, 0.2) is 47.4 Å². The molecular weight excluding hydrogens is 234 g/mol. The lowest BCUT2D eigenvalue weighted by Gasteiger charge is -2.26. The van der Waals surface area contributed by atoms with E-state index in [-0.39, 0.29) is 6.04 Å². The summed E-state index contributed by atoms with van der Waals surface area (Å²) < 4.78 is 26.1. The van der Waals surface area contributed by atoms with Gasteiger partial charge < -0.3 is 0 Å². The first kappa shape index (κ1) is 12.3. The molecule has 4 heteroatoms. The third-order valence-electron chi connectivity index (χ3n) is 3.12. The van der Waals surface area contributed by atoms with Gasteiger partial charge in [0.05, 0.1) is 4.90 Å². The van der Waals surface area contributed by atoms with Crippen LogP contribution in [0.25, 0.3) is 0 Å². The van der Waals surface area contributed by atoms with Gasteiger partial charge in [0, 0.05) is 13.1 Å². The zero-order valence-corrected chi connectivity index (χ0v) is 10.7. The summed E-state index contributed by atoms with van der Waals surface area (Å²) in [6, 6.07) is 8.58. The molecule has 0 amide bonds. The molecule has 1 aromatic carbocycles. The summed E-state index contributed by atoms with van der Waals surface area (Å²) in [5.74, 6) is 0. The van der Waals surface area contributed by atoms with Crippen molar-refractivity contribution >= 4 is 10.0 Å². The van der Waals surface area contributed by atoms with Crippen LogP contribution in [-0.4, -0.2) is 25.8 Å². The van der Waals surface area contributed by atoms with Gasteiger partial charge in [0.15, 0.2) is 0 Å². The van der Waals surface area contributed by atoms with E-state index in [2.05, 4.69) is 6.08 Å². The Hall–Kier alpha value is -1.13. The first-order valence-corrected chi connectivity index (χ1v) is 7.26. The summed E-state index contributed by atoms with van der Waals surface area (Å²) in [4.78, 5) is 0.362. The van der Waals surface area contributed by atoms with Crippen LogP contribution in [0.2, 0.25) is 0 Å². The van der Waals surface area contributed by atoms with Gasteiger partial charge >= 0.3 is 0 Å². The number of hydrogen-bond acceptors (Lipinski definition) is 2. The lowest BCUT2D eigenvalue weighted by molar-refractivity contribution is 0.386. The van der Waals surface area contributed by atoms with E-state index in [1.165, 1.54) is 4.31 Å². The smallest absolute Gasteiger partial charge is 0.207 e. The largest absolute Gasteiger partial charge is 0.243 e. The summed E-state index contributed by atoms with van der Waals surface area (Å²) in [6.45, 7) is 0. The second-order valence-corrected chi connectivity index (χ2v) is 6.26. The molecule has 1 unspecified atom stereocenters. The van der Waals surface area contributed by atoms with Gasteiger partial charge in [-0.3, -0.25) is 0 Å². The highest BCUT2D eigenvalue weighted by atomic mass is 32.2. The second-order valence-electron chi connectivity index (χ2n) is 4.26. The van der Waals surface area contributed by atoms with Crippen LogP contribution in [0.1, 0.15) is 19.3 Å². The zero-order chi connectivity index (χ0) is 12.3. The normalized spacial score (nSPS) is 20.7. The van der Waals surface area contributed by atoms with Gasteiger partial charge in [0.1, 0.15) is 0 Å². The fourth-order valence-electron chi connectivity index (χ4n) is 2.03. The average Bonchev–Trinajstić information content (AvgIpc) is 2.40. The van der Waals surface area contributed by atoms with Gasteiger partial charge in [-0.2, -0.15) is 4.31 Å². The predicted octanol–water partition coefficient (Wildman–Crippen LogP) is 2.42. The molecule has 1 aliphatic carbocycles. The summed E-state index contributed by atoms with van der Waals surface area (Å²) >= 11 is 0. The molecule has 0 radical (unpaired) electrons. The molecular formula is C13H17NO2S. The minimum Gasteiger partial charge on any atom is -0.207 e. The number of sulfonamides is 1. The van der Waals surface area contributed by atoms with Crippen molar-refractivity contribution in [2.75, 3.05) is 7.05 Å². The van der Waals surface area contributed by atoms with Crippen molar-refractivity contribution in [2.45, 2.75) is 30.2 Å². The highest BCUT2D eigenvalue weighted by Gasteiger charge is 2.26. The molecule has 0 bridgehead atoms. The highest BCUT2D eigenvalue weighted by molar-refractivity contribution is 7.89. The molecule has 0 aromatic heterocycles. The third kappa shape index (κ3) is 2.58. The number of rotatable bonds is 3. The Kier molecular flexibility index (Phi) is 3.64. The fraction of sp³-hybridized carbons (Fsp3) is 0.385. The van der Waals surface area contributed by atoms with E-state index >= 15 is 0 Å². The maximum atomic E-state index is 12.3. The average molecular weight is 251 g/mol. The molecule has 2 rings (SSSR count). The molecule has 0 saturated heterocycles. The Morgan fingerprint density at radius 1 is 1.24 bits per heavy atom. The van der Waals surface area contributed by atoms with E-state index in [0.29, 0.717) is 4.90 Å². The number of hydrogen-bond donors (Lipinski definition) is 0. The first-order valence-electron chi connectivity index (χ1n) is 5.82.